The number of aryl methyl sites for hydroxylation is 1. The van der Waals surface area contributed by atoms with Crippen LogP contribution in [0.1, 0.15) is 48.1 Å². The molecule has 0 aromatic carbocycles. The van der Waals surface area contributed by atoms with Gasteiger partial charge in [-0.3, -0.25) is 9.48 Å². The molecule has 6 nitrogen and oxygen atoms in total. The molecule has 2 aliphatic rings. The summed E-state index contributed by atoms with van der Waals surface area (Å²) in [7, 11) is 3.99. The van der Waals surface area contributed by atoms with E-state index in [1.165, 1.54) is 5.57 Å². The van der Waals surface area contributed by atoms with Gasteiger partial charge in [-0.1, -0.05) is 11.6 Å². The van der Waals surface area contributed by atoms with Crippen molar-refractivity contribution >= 4 is 5.91 Å². The molecule has 1 N–H and O–H groups in total. The van der Waals surface area contributed by atoms with Gasteiger partial charge < -0.3 is 15.0 Å². The predicted octanol–water partition coefficient (Wildman–Crippen LogP) is 1.43. The number of likely N-dealkylation sites (N-methyl/N-ethyl adjacent to an activating group) is 1. The fraction of sp³-hybridized carbons (Fsp3) is 0.647. The van der Waals surface area contributed by atoms with E-state index in [1.807, 2.05) is 20.9 Å². The van der Waals surface area contributed by atoms with Gasteiger partial charge in [0.05, 0.1) is 17.9 Å². The third kappa shape index (κ3) is 3.33. The normalized spacial score (nSPS) is 25.0. The third-order valence-corrected chi connectivity index (χ3v) is 4.70. The van der Waals surface area contributed by atoms with E-state index in [9.17, 15) is 4.79 Å². The van der Waals surface area contributed by atoms with Crippen LogP contribution in [0.2, 0.25) is 0 Å². The number of nitrogens with one attached hydrogen (secondary N) is 1. The van der Waals surface area contributed by atoms with Crippen molar-refractivity contribution in [2.45, 2.75) is 38.9 Å². The first kappa shape index (κ1) is 16.2. The van der Waals surface area contributed by atoms with Crippen LogP contribution in [0.3, 0.4) is 0 Å². The van der Waals surface area contributed by atoms with Crippen molar-refractivity contribution in [3.8, 4) is 0 Å². The minimum Gasteiger partial charge on any atom is -0.369 e. The van der Waals surface area contributed by atoms with Crippen molar-refractivity contribution in [2.75, 3.05) is 26.7 Å². The summed E-state index contributed by atoms with van der Waals surface area (Å²) in [6.07, 6.45) is 4.05. The van der Waals surface area contributed by atoms with Crippen LogP contribution in [0.25, 0.3) is 0 Å². The summed E-state index contributed by atoms with van der Waals surface area (Å²) in [6.45, 7) is 6.67. The minimum absolute atomic E-state index is 0.0237. The second kappa shape index (κ2) is 6.45. The maximum absolute atomic E-state index is 12.6. The number of carbonyl (C=O) groups is 1. The average molecular weight is 318 g/mol. The van der Waals surface area contributed by atoms with Crippen molar-refractivity contribution < 1.29 is 9.53 Å². The molecule has 126 valence electrons. The molecule has 6 heteroatoms. The Morgan fingerprint density at radius 3 is 2.91 bits per heavy atom. The topological polar surface area (TPSA) is 59.4 Å². The van der Waals surface area contributed by atoms with Gasteiger partial charge in [0.1, 0.15) is 0 Å². The van der Waals surface area contributed by atoms with Crippen molar-refractivity contribution in [2.24, 2.45) is 7.05 Å². The summed E-state index contributed by atoms with van der Waals surface area (Å²) < 4.78 is 7.63. The number of nitrogens with zero attached hydrogens (tertiary/aromatic N) is 3. The first-order valence-corrected chi connectivity index (χ1v) is 8.31. The van der Waals surface area contributed by atoms with Gasteiger partial charge in [-0.2, -0.15) is 5.10 Å². The highest BCUT2D eigenvalue weighted by Gasteiger charge is 2.31. The Morgan fingerprint density at radius 1 is 1.43 bits per heavy atom. The molecule has 3 heterocycles. The molecule has 23 heavy (non-hydrogen) atoms. The first-order chi connectivity index (χ1) is 11.0. The summed E-state index contributed by atoms with van der Waals surface area (Å²) in [5, 5.41) is 7.48. The van der Waals surface area contributed by atoms with Crippen molar-refractivity contribution in [3.63, 3.8) is 0 Å². The molecule has 0 bridgehead atoms. The zero-order valence-electron chi connectivity index (χ0n) is 14.4. The predicted molar refractivity (Wildman–Crippen MR) is 88.4 cm³/mol. The lowest BCUT2D eigenvalue weighted by Crippen LogP contribution is -2.32. The molecule has 0 fully saturated rings. The lowest BCUT2D eigenvalue weighted by molar-refractivity contribution is -0.00902. The summed E-state index contributed by atoms with van der Waals surface area (Å²) in [5.74, 6) is -0.0806. The lowest BCUT2D eigenvalue weighted by atomic mass is 9.99. The Hall–Kier alpha value is -1.66. The Balaban J connectivity index is 1.72. The molecule has 0 radical (unpaired) electrons. The van der Waals surface area contributed by atoms with Gasteiger partial charge in [0.15, 0.2) is 5.69 Å². The molecule has 3 rings (SSSR count). The second-order valence-electron chi connectivity index (χ2n) is 6.69. The summed E-state index contributed by atoms with van der Waals surface area (Å²) in [5.41, 5.74) is 3.91. The monoisotopic (exact) mass is 318 g/mol. The van der Waals surface area contributed by atoms with E-state index in [0.29, 0.717) is 12.2 Å². The van der Waals surface area contributed by atoms with E-state index in [1.54, 1.807) is 4.68 Å². The Kier molecular flexibility index (Phi) is 4.55. The van der Waals surface area contributed by atoms with E-state index in [0.717, 1.165) is 37.2 Å². The maximum Gasteiger partial charge on any atom is 0.272 e. The molecule has 2 aliphatic heterocycles. The van der Waals surface area contributed by atoms with Gasteiger partial charge in [-0.25, -0.2) is 0 Å². The zero-order chi connectivity index (χ0) is 16.6. The molecule has 0 saturated carbocycles. The number of amides is 1. The number of hydrogen-bond donors (Lipinski definition) is 1. The Labute approximate surface area is 137 Å². The van der Waals surface area contributed by atoms with Gasteiger partial charge in [0.25, 0.3) is 5.91 Å². The van der Waals surface area contributed by atoms with Gasteiger partial charge in [-0.15, -0.1) is 0 Å². The van der Waals surface area contributed by atoms with Crippen LogP contribution in [0.4, 0.5) is 0 Å². The zero-order valence-corrected chi connectivity index (χ0v) is 14.4. The standard InChI is InChI=1S/C17H26N4O2/c1-11-9-14-15(19-21(4)16(14)12(2)23-11)17(22)18-10-13-5-7-20(3)8-6-13/h5,11-12H,6-10H2,1-4H3,(H,18,22)/t11-,12+/m1/s1. The highest BCUT2D eigenvalue weighted by molar-refractivity contribution is 5.94. The smallest absolute Gasteiger partial charge is 0.272 e. The van der Waals surface area contributed by atoms with Gasteiger partial charge in [0.2, 0.25) is 0 Å². The van der Waals surface area contributed by atoms with Gasteiger partial charge in [0, 0.05) is 38.7 Å². The van der Waals surface area contributed by atoms with Crippen LogP contribution >= 0.6 is 0 Å². The molecule has 1 aromatic rings. The molecule has 1 amide bonds. The number of aromatic nitrogens is 2. The van der Waals surface area contributed by atoms with Crippen LogP contribution in [0.5, 0.6) is 0 Å². The number of carbonyl (C=O) groups excluding carboxylic acids is 1. The Bertz CT molecular complexity index is 635. The third-order valence-electron chi connectivity index (χ3n) is 4.70. The molecule has 0 spiro atoms. The van der Waals surface area contributed by atoms with Crippen LogP contribution in [0.15, 0.2) is 11.6 Å². The van der Waals surface area contributed by atoms with Crippen molar-refractivity contribution in [1.29, 1.82) is 0 Å². The minimum atomic E-state index is -0.0806. The largest absolute Gasteiger partial charge is 0.369 e. The maximum atomic E-state index is 12.6. The number of ether oxygens (including phenoxy) is 1. The van der Waals surface area contributed by atoms with Crippen LogP contribution < -0.4 is 5.32 Å². The van der Waals surface area contributed by atoms with Crippen LogP contribution in [-0.2, 0) is 18.2 Å². The van der Waals surface area contributed by atoms with Crippen LogP contribution in [-0.4, -0.2) is 53.4 Å². The Morgan fingerprint density at radius 2 is 2.22 bits per heavy atom. The van der Waals surface area contributed by atoms with Crippen LogP contribution in [0, 0.1) is 0 Å². The molecule has 0 saturated heterocycles. The SMILES string of the molecule is C[C@@H]1Cc2c(C(=O)NCC3=CCN(C)CC3)nn(C)c2[C@H](C)O1. The second-order valence-corrected chi connectivity index (χ2v) is 6.69. The summed E-state index contributed by atoms with van der Waals surface area (Å²) >= 11 is 0. The van der Waals surface area contributed by atoms with E-state index in [-0.39, 0.29) is 18.1 Å². The molecular formula is C17H26N4O2. The first-order valence-electron chi connectivity index (χ1n) is 8.31. The lowest BCUT2D eigenvalue weighted by Gasteiger charge is -2.26. The number of fused-ring (bicyclic) bond motifs is 1. The molecular weight excluding hydrogens is 292 g/mol. The van der Waals surface area contributed by atoms with Gasteiger partial charge >= 0.3 is 0 Å². The van der Waals surface area contributed by atoms with Crippen molar-refractivity contribution in [1.82, 2.24) is 20.0 Å². The number of rotatable bonds is 3. The van der Waals surface area contributed by atoms with E-state index < -0.39 is 0 Å². The molecule has 2 atom stereocenters. The summed E-state index contributed by atoms with van der Waals surface area (Å²) in [6, 6.07) is 0. The highest BCUT2D eigenvalue weighted by atomic mass is 16.5. The van der Waals surface area contributed by atoms with E-state index >= 15 is 0 Å². The average Bonchev–Trinajstić information content (AvgIpc) is 2.83. The fourth-order valence-corrected chi connectivity index (χ4v) is 3.47. The highest BCUT2D eigenvalue weighted by Crippen LogP contribution is 2.31. The molecule has 1 aromatic heterocycles. The van der Waals surface area contributed by atoms with E-state index in [4.69, 9.17) is 4.74 Å². The number of hydrogen-bond acceptors (Lipinski definition) is 4. The molecule has 0 unspecified atom stereocenters. The van der Waals surface area contributed by atoms with Crippen molar-refractivity contribution in [3.05, 3.63) is 28.6 Å². The molecule has 0 aliphatic carbocycles. The quantitative estimate of drug-likeness (QED) is 0.857. The van der Waals surface area contributed by atoms with Gasteiger partial charge in [-0.05, 0) is 27.3 Å². The fourth-order valence-electron chi connectivity index (χ4n) is 3.47. The van der Waals surface area contributed by atoms with E-state index in [2.05, 4.69) is 28.4 Å². The summed E-state index contributed by atoms with van der Waals surface area (Å²) in [4.78, 5) is 14.9.